The Labute approximate surface area is 101 Å². The summed E-state index contributed by atoms with van der Waals surface area (Å²) in [7, 11) is 0. The van der Waals surface area contributed by atoms with Gasteiger partial charge in [-0.05, 0) is 19.4 Å². The minimum atomic E-state index is -0.554. The van der Waals surface area contributed by atoms with E-state index in [1.54, 1.807) is 12.1 Å². The Morgan fingerprint density at radius 1 is 1.53 bits per heavy atom. The Morgan fingerprint density at radius 3 is 3.18 bits per heavy atom. The second-order valence-electron chi connectivity index (χ2n) is 4.52. The molecule has 1 atom stereocenters. The van der Waals surface area contributed by atoms with E-state index in [4.69, 9.17) is 4.74 Å². The summed E-state index contributed by atoms with van der Waals surface area (Å²) in [6.45, 7) is 5.10. The number of halogens is 1. The van der Waals surface area contributed by atoms with Crippen LogP contribution in [-0.4, -0.2) is 35.8 Å². The minimum absolute atomic E-state index is 0.188. The van der Waals surface area contributed by atoms with Crippen molar-refractivity contribution in [2.45, 2.75) is 26.0 Å². The zero-order valence-corrected chi connectivity index (χ0v) is 10.0. The maximum absolute atomic E-state index is 13.2. The molecule has 1 saturated heterocycles. The third-order valence-electron chi connectivity index (χ3n) is 3.00. The van der Waals surface area contributed by atoms with E-state index in [1.807, 2.05) is 6.92 Å². The lowest BCUT2D eigenvalue weighted by Crippen LogP contribution is -2.29. The smallest absolute Gasteiger partial charge is 0.165 e. The molecule has 3 nitrogen and oxygen atoms in total. The number of ether oxygens (including phenoxy) is 1. The van der Waals surface area contributed by atoms with Gasteiger partial charge in [0.1, 0.15) is 0 Å². The van der Waals surface area contributed by atoms with Gasteiger partial charge in [0, 0.05) is 31.8 Å². The van der Waals surface area contributed by atoms with Crippen LogP contribution in [0.4, 0.5) is 4.39 Å². The first-order valence-corrected chi connectivity index (χ1v) is 5.97. The van der Waals surface area contributed by atoms with Crippen molar-refractivity contribution in [2.75, 3.05) is 19.7 Å². The highest BCUT2D eigenvalue weighted by Crippen LogP contribution is 2.22. The third-order valence-corrected chi connectivity index (χ3v) is 3.00. The predicted octanol–water partition coefficient (Wildman–Crippen LogP) is 2.14. The van der Waals surface area contributed by atoms with E-state index in [0.29, 0.717) is 12.1 Å². The number of hydrogen-bond donors (Lipinski definition) is 1. The normalized spacial score (nSPS) is 22.4. The summed E-state index contributed by atoms with van der Waals surface area (Å²) >= 11 is 0. The van der Waals surface area contributed by atoms with Crippen molar-refractivity contribution in [1.29, 1.82) is 0 Å². The van der Waals surface area contributed by atoms with Gasteiger partial charge in [-0.3, -0.25) is 4.90 Å². The number of rotatable bonds is 2. The van der Waals surface area contributed by atoms with E-state index in [-0.39, 0.29) is 11.9 Å². The van der Waals surface area contributed by atoms with Crippen molar-refractivity contribution in [3.63, 3.8) is 0 Å². The summed E-state index contributed by atoms with van der Waals surface area (Å²) in [5.74, 6) is -0.785. The number of aromatic hydroxyl groups is 1. The summed E-state index contributed by atoms with van der Waals surface area (Å²) < 4.78 is 18.7. The Hall–Kier alpha value is -1.13. The van der Waals surface area contributed by atoms with Crippen LogP contribution in [0.25, 0.3) is 0 Å². The molecule has 0 amide bonds. The fraction of sp³-hybridized carbons (Fsp3) is 0.538. The molecule has 0 bridgehead atoms. The van der Waals surface area contributed by atoms with Crippen molar-refractivity contribution in [3.8, 4) is 5.75 Å². The molecule has 0 aliphatic carbocycles. The zero-order chi connectivity index (χ0) is 12.3. The monoisotopic (exact) mass is 239 g/mol. The highest BCUT2D eigenvalue weighted by molar-refractivity contribution is 5.33. The van der Waals surface area contributed by atoms with Gasteiger partial charge in [-0.1, -0.05) is 12.1 Å². The van der Waals surface area contributed by atoms with Crippen LogP contribution in [0.15, 0.2) is 18.2 Å². The first-order chi connectivity index (χ1) is 8.16. The molecule has 1 aromatic carbocycles. The fourth-order valence-corrected chi connectivity index (χ4v) is 2.15. The van der Waals surface area contributed by atoms with Crippen molar-refractivity contribution < 1.29 is 14.2 Å². The third kappa shape index (κ3) is 3.17. The van der Waals surface area contributed by atoms with E-state index in [1.165, 1.54) is 6.07 Å². The standard InChI is InChI=1S/C13H18FNO2/c1-10-8-15(6-3-7-17-10)9-11-4-2-5-12(14)13(11)16/h2,4-5,10,16H,3,6-9H2,1H3. The van der Waals surface area contributed by atoms with Crippen molar-refractivity contribution in [2.24, 2.45) is 0 Å². The van der Waals surface area contributed by atoms with Gasteiger partial charge in [-0.15, -0.1) is 0 Å². The number of phenolic OH excluding ortho intramolecular Hbond substituents is 1. The molecule has 0 spiro atoms. The second kappa shape index (κ2) is 5.47. The van der Waals surface area contributed by atoms with Gasteiger partial charge in [0.05, 0.1) is 6.10 Å². The maximum Gasteiger partial charge on any atom is 0.165 e. The molecule has 94 valence electrons. The second-order valence-corrected chi connectivity index (χ2v) is 4.52. The maximum atomic E-state index is 13.2. The van der Waals surface area contributed by atoms with Gasteiger partial charge in [0.2, 0.25) is 0 Å². The molecule has 1 N–H and O–H groups in total. The van der Waals surface area contributed by atoms with Crippen LogP contribution in [0.3, 0.4) is 0 Å². The highest BCUT2D eigenvalue weighted by atomic mass is 19.1. The predicted molar refractivity (Wildman–Crippen MR) is 63.4 cm³/mol. The molecule has 0 saturated carbocycles. The topological polar surface area (TPSA) is 32.7 Å². The lowest BCUT2D eigenvalue weighted by molar-refractivity contribution is 0.0667. The van der Waals surface area contributed by atoms with E-state index >= 15 is 0 Å². The number of phenols is 1. The van der Waals surface area contributed by atoms with E-state index in [9.17, 15) is 9.50 Å². The van der Waals surface area contributed by atoms with Gasteiger partial charge in [-0.2, -0.15) is 0 Å². The summed E-state index contributed by atoms with van der Waals surface area (Å²) in [5, 5.41) is 9.63. The number of benzene rings is 1. The van der Waals surface area contributed by atoms with Crippen LogP contribution in [0, 0.1) is 5.82 Å². The van der Waals surface area contributed by atoms with Gasteiger partial charge in [-0.25, -0.2) is 4.39 Å². The van der Waals surface area contributed by atoms with Gasteiger partial charge in [0.25, 0.3) is 0 Å². The van der Waals surface area contributed by atoms with Crippen LogP contribution < -0.4 is 0 Å². The van der Waals surface area contributed by atoms with Gasteiger partial charge < -0.3 is 9.84 Å². The molecule has 1 aliphatic rings. The van der Waals surface area contributed by atoms with E-state index < -0.39 is 5.82 Å². The van der Waals surface area contributed by atoms with E-state index in [2.05, 4.69) is 4.90 Å². The zero-order valence-electron chi connectivity index (χ0n) is 10.0. The fourth-order valence-electron chi connectivity index (χ4n) is 2.15. The van der Waals surface area contributed by atoms with Crippen LogP contribution in [-0.2, 0) is 11.3 Å². The van der Waals surface area contributed by atoms with Crippen LogP contribution in [0.5, 0.6) is 5.75 Å². The molecule has 4 heteroatoms. The van der Waals surface area contributed by atoms with Crippen molar-refractivity contribution in [3.05, 3.63) is 29.6 Å². The molecule has 0 aromatic heterocycles. The summed E-state index contributed by atoms with van der Waals surface area (Å²) in [6, 6.07) is 4.66. The number of nitrogens with zero attached hydrogens (tertiary/aromatic N) is 1. The first-order valence-electron chi connectivity index (χ1n) is 5.97. The molecule has 1 aliphatic heterocycles. The summed E-state index contributed by atoms with van der Waals surface area (Å²) in [6.07, 6.45) is 1.16. The lowest BCUT2D eigenvalue weighted by atomic mass is 10.1. The summed E-state index contributed by atoms with van der Waals surface area (Å²) in [4.78, 5) is 2.19. The van der Waals surface area contributed by atoms with Gasteiger partial charge in [0.15, 0.2) is 11.6 Å². The Morgan fingerprint density at radius 2 is 2.35 bits per heavy atom. The van der Waals surface area contributed by atoms with Gasteiger partial charge >= 0.3 is 0 Å². The molecule has 1 aromatic rings. The Balaban J connectivity index is 2.06. The van der Waals surface area contributed by atoms with Crippen LogP contribution in [0.2, 0.25) is 0 Å². The molecule has 2 rings (SSSR count). The highest BCUT2D eigenvalue weighted by Gasteiger charge is 2.17. The Kier molecular flexibility index (Phi) is 3.97. The lowest BCUT2D eigenvalue weighted by Gasteiger charge is -2.22. The molecular formula is C13H18FNO2. The molecule has 17 heavy (non-hydrogen) atoms. The summed E-state index contributed by atoms with van der Waals surface area (Å²) in [5.41, 5.74) is 0.638. The largest absolute Gasteiger partial charge is 0.505 e. The van der Waals surface area contributed by atoms with Crippen LogP contribution in [0.1, 0.15) is 18.9 Å². The Bertz CT molecular complexity index is 384. The molecular weight excluding hydrogens is 221 g/mol. The molecule has 1 heterocycles. The van der Waals surface area contributed by atoms with Crippen molar-refractivity contribution >= 4 is 0 Å². The quantitative estimate of drug-likeness (QED) is 0.858. The number of para-hydroxylation sites is 1. The molecule has 1 fully saturated rings. The average molecular weight is 239 g/mol. The minimum Gasteiger partial charge on any atom is -0.505 e. The molecule has 0 radical (unpaired) electrons. The first kappa shape index (κ1) is 12.3. The van der Waals surface area contributed by atoms with E-state index in [0.717, 1.165) is 26.1 Å². The van der Waals surface area contributed by atoms with Crippen LogP contribution >= 0.6 is 0 Å². The average Bonchev–Trinajstić information content (AvgIpc) is 2.49. The molecule has 1 unspecified atom stereocenters. The SMILES string of the molecule is CC1CN(Cc2cccc(F)c2O)CCCO1. The van der Waals surface area contributed by atoms with Crippen molar-refractivity contribution in [1.82, 2.24) is 4.90 Å². The number of hydrogen-bond acceptors (Lipinski definition) is 3.